The summed E-state index contributed by atoms with van der Waals surface area (Å²) in [7, 11) is 0. The number of rotatable bonds is 5. The van der Waals surface area contributed by atoms with E-state index in [9.17, 15) is 14.4 Å². The van der Waals surface area contributed by atoms with Gasteiger partial charge in [0.25, 0.3) is 5.91 Å². The normalized spacial score (nSPS) is 25.6. The van der Waals surface area contributed by atoms with E-state index in [1.807, 2.05) is 18.2 Å². The van der Waals surface area contributed by atoms with E-state index in [1.165, 1.54) is 5.56 Å². The summed E-state index contributed by atoms with van der Waals surface area (Å²) in [6, 6.07) is 16.4. The van der Waals surface area contributed by atoms with Crippen LogP contribution in [0.5, 0.6) is 0 Å². The van der Waals surface area contributed by atoms with Crippen molar-refractivity contribution in [2.24, 2.45) is 0 Å². The molecule has 0 bridgehead atoms. The van der Waals surface area contributed by atoms with Crippen LogP contribution in [0.3, 0.4) is 0 Å². The highest BCUT2D eigenvalue weighted by Gasteiger charge is 2.39. The van der Waals surface area contributed by atoms with E-state index in [0.717, 1.165) is 30.6 Å². The van der Waals surface area contributed by atoms with Gasteiger partial charge in [-0.3, -0.25) is 19.7 Å². The van der Waals surface area contributed by atoms with Crippen LogP contribution < -0.4 is 16.0 Å². The van der Waals surface area contributed by atoms with Gasteiger partial charge in [-0.05, 0) is 42.1 Å². The summed E-state index contributed by atoms with van der Waals surface area (Å²) in [4.78, 5) is 38.3. The van der Waals surface area contributed by atoms with Crippen molar-refractivity contribution in [1.29, 1.82) is 0 Å². The molecule has 3 N–H and O–H groups in total. The quantitative estimate of drug-likeness (QED) is 0.626. The third-order valence-corrected chi connectivity index (χ3v) is 6.87. The minimum Gasteiger partial charge on any atom is -0.322 e. The van der Waals surface area contributed by atoms with Crippen LogP contribution in [0.25, 0.3) is 0 Å². The van der Waals surface area contributed by atoms with Crippen molar-refractivity contribution in [2.75, 3.05) is 13.1 Å². The summed E-state index contributed by atoms with van der Waals surface area (Å²) in [5.74, 6) is -0.315. The van der Waals surface area contributed by atoms with E-state index < -0.39 is 6.04 Å². The second kappa shape index (κ2) is 8.84. The SMILES string of the molecule is O=C1CCC(N2Cc3ccc(CN[C@@H]4CNCC[C@@H]4c4ccccc4)cc3C2=O)C(=O)N1. The molecule has 2 aromatic rings. The first-order chi connectivity index (χ1) is 15.6. The zero-order valence-electron chi connectivity index (χ0n) is 18.0. The van der Waals surface area contributed by atoms with Gasteiger partial charge in [0.05, 0.1) is 0 Å². The molecule has 0 spiro atoms. The van der Waals surface area contributed by atoms with Crippen molar-refractivity contribution in [2.45, 2.75) is 50.4 Å². The molecule has 3 atom stereocenters. The van der Waals surface area contributed by atoms with Crippen LogP contribution in [-0.4, -0.2) is 47.8 Å². The number of nitrogens with zero attached hydrogens (tertiary/aromatic N) is 1. The minimum atomic E-state index is -0.575. The Morgan fingerprint density at radius 2 is 1.88 bits per heavy atom. The average Bonchev–Trinajstić information content (AvgIpc) is 3.14. The van der Waals surface area contributed by atoms with Gasteiger partial charge in [-0.1, -0.05) is 42.5 Å². The van der Waals surface area contributed by atoms with Gasteiger partial charge in [-0.2, -0.15) is 0 Å². The molecule has 2 aromatic carbocycles. The van der Waals surface area contributed by atoms with Gasteiger partial charge in [0.15, 0.2) is 0 Å². The van der Waals surface area contributed by atoms with Crippen molar-refractivity contribution in [3.63, 3.8) is 0 Å². The number of piperidine rings is 2. The zero-order chi connectivity index (χ0) is 22.1. The van der Waals surface area contributed by atoms with E-state index >= 15 is 0 Å². The van der Waals surface area contributed by atoms with E-state index in [4.69, 9.17) is 0 Å². The van der Waals surface area contributed by atoms with Gasteiger partial charge < -0.3 is 15.5 Å². The third-order valence-electron chi connectivity index (χ3n) is 6.87. The molecule has 3 amide bonds. The molecule has 0 saturated carbocycles. The largest absolute Gasteiger partial charge is 0.322 e. The summed E-state index contributed by atoms with van der Waals surface area (Å²) in [5.41, 5.74) is 4.01. The summed E-state index contributed by atoms with van der Waals surface area (Å²) < 4.78 is 0. The molecule has 5 rings (SSSR count). The van der Waals surface area contributed by atoms with Crippen molar-refractivity contribution >= 4 is 17.7 Å². The third kappa shape index (κ3) is 4.06. The Kier molecular flexibility index (Phi) is 5.76. The molecule has 7 heteroatoms. The number of carbonyl (C=O) groups is 3. The number of benzene rings is 2. The second-order valence-corrected chi connectivity index (χ2v) is 8.89. The molecule has 3 heterocycles. The van der Waals surface area contributed by atoms with Crippen LogP contribution >= 0.6 is 0 Å². The Balaban J connectivity index is 1.27. The summed E-state index contributed by atoms with van der Waals surface area (Å²) in [6.07, 6.45) is 1.74. The number of fused-ring (bicyclic) bond motifs is 1. The van der Waals surface area contributed by atoms with Gasteiger partial charge in [0, 0.05) is 43.6 Å². The highest BCUT2D eigenvalue weighted by Crippen LogP contribution is 2.29. The van der Waals surface area contributed by atoms with Crippen LogP contribution in [0, 0.1) is 0 Å². The molecule has 0 aliphatic carbocycles. The maximum absolute atomic E-state index is 13.0. The van der Waals surface area contributed by atoms with Crippen LogP contribution in [0.2, 0.25) is 0 Å². The summed E-state index contributed by atoms with van der Waals surface area (Å²) in [5, 5.41) is 9.53. The number of carbonyl (C=O) groups excluding carboxylic acids is 3. The number of hydrogen-bond acceptors (Lipinski definition) is 5. The molecule has 2 fully saturated rings. The molecule has 166 valence electrons. The highest BCUT2D eigenvalue weighted by atomic mass is 16.2. The van der Waals surface area contributed by atoms with Gasteiger partial charge in [0.1, 0.15) is 6.04 Å². The smallest absolute Gasteiger partial charge is 0.255 e. The molecule has 0 aromatic heterocycles. The van der Waals surface area contributed by atoms with E-state index in [0.29, 0.717) is 37.0 Å². The molecule has 0 radical (unpaired) electrons. The van der Waals surface area contributed by atoms with Crippen molar-refractivity contribution in [3.8, 4) is 0 Å². The van der Waals surface area contributed by atoms with Crippen LogP contribution in [0.15, 0.2) is 48.5 Å². The Hall–Kier alpha value is -3.03. The Labute approximate surface area is 187 Å². The lowest BCUT2D eigenvalue weighted by atomic mass is 9.86. The van der Waals surface area contributed by atoms with Gasteiger partial charge >= 0.3 is 0 Å². The number of amides is 3. The Morgan fingerprint density at radius 1 is 1.03 bits per heavy atom. The predicted molar refractivity (Wildman–Crippen MR) is 120 cm³/mol. The van der Waals surface area contributed by atoms with Gasteiger partial charge in [-0.15, -0.1) is 0 Å². The maximum Gasteiger partial charge on any atom is 0.255 e. The van der Waals surface area contributed by atoms with Crippen molar-refractivity contribution in [1.82, 2.24) is 20.9 Å². The monoisotopic (exact) mass is 432 g/mol. The van der Waals surface area contributed by atoms with Crippen LogP contribution in [0.1, 0.15) is 52.2 Å². The van der Waals surface area contributed by atoms with Gasteiger partial charge in [-0.25, -0.2) is 0 Å². The Bertz CT molecular complexity index is 1040. The predicted octanol–water partition coefficient (Wildman–Crippen LogP) is 1.68. The molecule has 3 aliphatic heterocycles. The van der Waals surface area contributed by atoms with E-state index in [-0.39, 0.29) is 24.1 Å². The zero-order valence-corrected chi connectivity index (χ0v) is 18.0. The van der Waals surface area contributed by atoms with Crippen LogP contribution in [-0.2, 0) is 22.7 Å². The molecule has 3 aliphatic rings. The fourth-order valence-electron chi connectivity index (χ4n) is 5.13. The molecule has 1 unspecified atom stereocenters. The van der Waals surface area contributed by atoms with Gasteiger partial charge in [0.2, 0.25) is 11.8 Å². The maximum atomic E-state index is 13.0. The fourth-order valence-corrected chi connectivity index (χ4v) is 5.13. The second-order valence-electron chi connectivity index (χ2n) is 8.89. The Morgan fingerprint density at radius 3 is 2.69 bits per heavy atom. The number of hydrogen-bond donors (Lipinski definition) is 3. The molecule has 32 heavy (non-hydrogen) atoms. The summed E-state index contributed by atoms with van der Waals surface area (Å²) in [6.45, 7) is 3.01. The minimum absolute atomic E-state index is 0.127. The standard InChI is InChI=1S/C25H28N4O3/c30-23-9-8-22(24(31)28-23)29-15-18-7-6-16(12-20(18)25(29)32)13-27-21-14-26-11-10-19(21)17-4-2-1-3-5-17/h1-7,12,19,21-22,26-27H,8-11,13-15H2,(H,28,30,31)/t19-,21-,22?/m1/s1. The molecule has 7 nitrogen and oxygen atoms in total. The lowest BCUT2D eigenvalue weighted by Gasteiger charge is -2.33. The topological polar surface area (TPSA) is 90.5 Å². The lowest BCUT2D eigenvalue weighted by Crippen LogP contribution is -2.52. The summed E-state index contributed by atoms with van der Waals surface area (Å²) >= 11 is 0. The first-order valence-corrected chi connectivity index (χ1v) is 11.4. The lowest BCUT2D eigenvalue weighted by molar-refractivity contribution is -0.136. The molecule has 2 saturated heterocycles. The van der Waals surface area contributed by atoms with Crippen LogP contribution in [0.4, 0.5) is 0 Å². The van der Waals surface area contributed by atoms with E-state index in [2.05, 4.69) is 46.3 Å². The first kappa shape index (κ1) is 20.8. The number of imide groups is 1. The average molecular weight is 433 g/mol. The number of nitrogens with one attached hydrogen (secondary N) is 3. The highest BCUT2D eigenvalue weighted by molar-refractivity contribution is 6.05. The first-order valence-electron chi connectivity index (χ1n) is 11.4. The van der Waals surface area contributed by atoms with Crippen molar-refractivity contribution < 1.29 is 14.4 Å². The van der Waals surface area contributed by atoms with Crippen molar-refractivity contribution in [3.05, 3.63) is 70.8 Å². The van der Waals surface area contributed by atoms with E-state index in [1.54, 1.807) is 4.90 Å². The molecular weight excluding hydrogens is 404 g/mol. The fraction of sp³-hybridized carbons (Fsp3) is 0.400. The molecular formula is C25H28N4O3.